The van der Waals surface area contributed by atoms with Crippen molar-refractivity contribution in [1.82, 2.24) is 25.1 Å². The van der Waals surface area contributed by atoms with Gasteiger partial charge >= 0.3 is 0 Å². The highest BCUT2D eigenvalue weighted by Gasteiger charge is 2.24. The topological polar surface area (TPSA) is 64.9 Å². The molecule has 2 aromatic rings. The number of rotatable bonds is 5. The number of nitrogens with one attached hydrogen (secondary N) is 1. The zero-order valence-electron chi connectivity index (χ0n) is 14.3. The minimum absolute atomic E-state index is 0.114. The van der Waals surface area contributed by atoms with Gasteiger partial charge in [0.05, 0.1) is 11.0 Å². The van der Waals surface area contributed by atoms with Crippen molar-refractivity contribution in [2.75, 3.05) is 7.11 Å². The molecule has 6 nitrogen and oxygen atoms in total. The molecule has 7 heteroatoms. The first-order chi connectivity index (χ1) is 11.0. The molecule has 0 fully saturated rings. The Morgan fingerprint density at radius 3 is 2.96 bits per heavy atom. The lowest BCUT2D eigenvalue weighted by molar-refractivity contribution is 0.177. The Morgan fingerprint density at radius 1 is 1.43 bits per heavy atom. The summed E-state index contributed by atoms with van der Waals surface area (Å²) in [6.45, 7) is 8.83. The Labute approximate surface area is 141 Å². The SMILES string of the molecule is COCc1nc2n(n1)CCC[C@@H]2NCc1cnc(C(C)(C)C)s1. The van der Waals surface area contributed by atoms with Gasteiger partial charge in [0, 0.05) is 36.7 Å². The molecule has 1 atom stereocenters. The molecular formula is C16H25N5OS. The minimum atomic E-state index is 0.114. The Morgan fingerprint density at radius 2 is 2.26 bits per heavy atom. The van der Waals surface area contributed by atoms with E-state index in [-0.39, 0.29) is 11.5 Å². The maximum Gasteiger partial charge on any atom is 0.176 e. The van der Waals surface area contributed by atoms with Gasteiger partial charge in [-0.25, -0.2) is 14.6 Å². The number of nitrogens with zero attached hydrogens (tertiary/aromatic N) is 4. The third-order valence-electron chi connectivity index (χ3n) is 3.91. The lowest BCUT2D eigenvalue weighted by atomic mass is 9.98. The number of hydrogen-bond acceptors (Lipinski definition) is 6. The molecule has 0 bridgehead atoms. The van der Waals surface area contributed by atoms with Crippen LogP contribution >= 0.6 is 11.3 Å². The maximum absolute atomic E-state index is 5.14. The maximum atomic E-state index is 5.14. The van der Waals surface area contributed by atoms with Crippen LogP contribution in [-0.4, -0.2) is 26.9 Å². The minimum Gasteiger partial charge on any atom is -0.377 e. The highest BCUT2D eigenvalue weighted by Crippen LogP contribution is 2.28. The smallest absolute Gasteiger partial charge is 0.176 e. The fourth-order valence-electron chi connectivity index (χ4n) is 2.74. The first-order valence-electron chi connectivity index (χ1n) is 8.08. The normalized spacial score (nSPS) is 18.2. The van der Waals surface area contributed by atoms with Crippen LogP contribution in [0.1, 0.15) is 61.2 Å². The second kappa shape index (κ2) is 6.67. The van der Waals surface area contributed by atoms with Crippen LogP contribution in [0.4, 0.5) is 0 Å². The molecule has 1 N–H and O–H groups in total. The average Bonchev–Trinajstić information content (AvgIpc) is 3.11. The summed E-state index contributed by atoms with van der Waals surface area (Å²) < 4.78 is 7.16. The first kappa shape index (κ1) is 16.5. The molecule has 0 saturated carbocycles. The van der Waals surface area contributed by atoms with Gasteiger partial charge in [-0.05, 0) is 12.8 Å². The van der Waals surface area contributed by atoms with Crippen molar-refractivity contribution < 1.29 is 4.74 Å². The first-order valence-corrected chi connectivity index (χ1v) is 8.90. The van der Waals surface area contributed by atoms with Gasteiger partial charge < -0.3 is 10.1 Å². The summed E-state index contributed by atoms with van der Waals surface area (Å²) in [6.07, 6.45) is 4.20. The Hall–Kier alpha value is -1.31. The predicted molar refractivity (Wildman–Crippen MR) is 90.4 cm³/mol. The predicted octanol–water partition coefficient (Wildman–Crippen LogP) is 2.80. The van der Waals surface area contributed by atoms with Crippen molar-refractivity contribution in [3.63, 3.8) is 0 Å². The van der Waals surface area contributed by atoms with Gasteiger partial charge in [0.1, 0.15) is 12.4 Å². The van der Waals surface area contributed by atoms with Gasteiger partial charge in [0.2, 0.25) is 0 Å². The van der Waals surface area contributed by atoms with Crippen LogP contribution in [0.15, 0.2) is 6.20 Å². The van der Waals surface area contributed by atoms with Crippen molar-refractivity contribution >= 4 is 11.3 Å². The summed E-state index contributed by atoms with van der Waals surface area (Å²) in [5, 5.41) is 9.32. The van der Waals surface area contributed by atoms with Gasteiger partial charge in [0.25, 0.3) is 0 Å². The Balaban J connectivity index is 1.66. The molecule has 0 saturated heterocycles. The van der Waals surface area contributed by atoms with Gasteiger partial charge in [-0.1, -0.05) is 20.8 Å². The second-order valence-electron chi connectivity index (χ2n) is 7.00. The zero-order chi connectivity index (χ0) is 16.4. The third kappa shape index (κ3) is 3.79. The van der Waals surface area contributed by atoms with E-state index in [9.17, 15) is 0 Å². The van der Waals surface area contributed by atoms with Gasteiger partial charge in [-0.2, -0.15) is 5.10 Å². The van der Waals surface area contributed by atoms with E-state index in [0.717, 1.165) is 37.6 Å². The van der Waals surface area contributed by atoms with Crippen LogP contribution in [0.25, 0.3) is 0 Å². The number of methoxy groups -OCH3 is 1. The number of fused-ring (bicyclic) bond motifs is 1. The Bertz CT molecular complexity index is 658. The number of hydrogen-bond donors (Lipinski definition) is 1. The molecule has 3 rings (SSSR count). The summed E-state index contributed by atoms with van der Waals surface area (Å²) >= 11 is 1.79. The Kier molecular flexibility index (Phi) is 4.79. The summed E-state index contributed by atoms with van der Waals surface area (Å²) in [5.41, 5.74) is 0.114. The quantitative estimate of drug-likeness (QED) is 0.910. The molecular weight excluding hydrogens is 310 g/mol. The largest absolute Gasteiger partial charge is 0.377 e. The zero-order valence-corrected chi connectivity index (χ0v) is 15.1. The molecule has 2 aromatic heterocycles. The van der Waals surface area contributed by atoms with E-state index < -0.39 is 0 Å². The van der Waals surface area contributed by atoms with Crippen molar-refractivity contribution in [3.8, 4) is 0 Å². The van der Waals surface area contributed by atoms with E-state index in [2.05, 4.69) is 41.2 Å². The highest BCUT2D eigenvalue weighted by atomic mass is 32.1. The lowest BCUT2D eigenvalue weighted by Gasteiger charge is -2.22. The molecule has 0 aromatic carbocycles. The standard InChI is InChI=1S/C16H25N5OS/c1-16(2,3)15-18-9-11(23-15)8-17-12-6-5-7-21-14(12)19-13(20-21)10-22-4/h9,12,17H,5-8,10H2,1-4H3/t12-/m0/s1. The van der Waals surface area contributed by atoms with E-state index in [1.54, 1.807) is 18.4 Å². The van der Waals surface area contributed by atoms with E-state index in [1.807, 2.05) is 10.9 Å². The van der Waals surface area contributed by atoms with Crippen molar-refractivity contribution in [2.45, 2.75) is 64.8 Å². The van der Waals surface area contributed by atoms with E-state index in [4.69, 9.17) is 4.74 Å². The third-order valence-corrected chi connectivity index (χ3v) is 5.33. The molecule has 0 amide bonds. The molecule has 23 heavy (non-hydrogen) atoms. The monoisotopic (exact) mass is 335 g/mol. The van der Waals surface area contributed by atoms with Gasteiger partial charge in [-0.3, -0.25) is 0 Å². The van der Waals surface area contributed by atoms with E-state index >= 15 is 0 Å². The van der Waals surface area contributed by atoms with E-state index in [0.29, 0.717) is 6.61 Å². The number of ether oxygens (including phenoxy) is 1. The van der Waals surface area contributed by atoms with Gasteiger partial charge in [0.15, 0.2) is 5.82 Å². The number of aromatic nitrogens is 4. The fourth-order valence-corrected chi connectivity index (χ4v) is 3.66. The summed E-state index contributed by atoms with van der Waals surface area (Å²) in [7, 11) is 1.67. The van der Waals surface area contributed by atoms with Crippen LogP contribution in [0.3, 0.4) is 0 Å². The molecule has 1 aliphatic heterocycles. The van der Waals surface area contributed by atoms with Crippen molar-refractivity contribution in [1.29, 1.82) is 0 Å². The fraction of sp³-hybridized carbons (Fsp3) is 0.688. The molecule has 3 heterocycles. The summed E-state index contributed by atoms with van der Waals surface area (Å²) in [4.78, 5) is 10.5. The van der Waals surface area contributed by atoms with Crippen molar-refractivity contribution in [3.05, 3.63) is 27.7 Å². The molecule has 0 spiro atoms. The second-order valence-corrected chi connectivity index (χ2v) is 8.12. The van der Waals surface area contributed by atoms with E-state index in [1.165, 1.54) is 9.88 Å². The van der Waals surface area contributed by atoms with Crippen LogP contribution in [0.2, 0.25) is 0 Å². The molecule has 126 valence electrons. The lowest BCUT2D eigenvalue weighted by Crippen LogP contribution is -2.28. The average molecular weight is 335 g/mol. The number of aryl methyl sites for hydroxylation is 1. The molecule has 1 aliphatic rings. The molecule has 0 aliphatic carbocycles. The summed E-state index contributed by atoms with van der Waals surface area (Å²) in [6, 6.07) is 0.252. The molecule has 0 radical (unpaired) electrons. The van der Waals surface area contributed by atoms with Crippen molar-refractivity contribution in [2.24, 2.45) is 0 Å². The molecule has 0 unspecified atom stereocenters. The summed E-state index contributed by atoms with van der Waals surface area (Å²) in [5.74, 6) is 1.80. The van der Waals surface area contributed by atoms with Crippen LogP contribution in [0, 0.1) is 0 Å². The van der Waals surface area contributed by atoms with Crippen LogP contribution < -0.4 is 5.32 Å². The van der Waals surface area contributed by atoms with Crippen LogP contribution in [0.5, 0.6) is 0 Å². The number of thiazole rings is 1. The van der Waals surface area contributed by atoms with Gasteiger partial charge in [-0.15, -0.1) is 11.3 Å². The highest BCUT2D eigenvalue weighted by molar-refractivity contribution is 7.11. The van der Waals surface area contributed by atoms with Crippen LogP contribution in [-0.2, 0) is 29.8 Å².